The zero-order valence-corrected chi connectivity index (χ0v) is 14.7. The summed E-state index contributed by atoms with van der Waals surface area (Å²) in [6.45, 7) is 6.09. The highest BCUT2D eigenvalue weighted by Gasteiger charge is 2.29. The van der Waals surface area contributed by atoms with Crippen molar-refractivity contribution in [3.05, 3.63) is 52.9 Å². The maximum Gasteiger partial charge on any atom is 0.259 e. The van der Waals surface area contributed by atoms with E-state index in [4.69, 9.17) is 4.52 Å². The van der Waals surface area contributed by atoms with Crippen molar-refractivity contribution in [1.29, 1.82) is 0 Å². The first-order valence-corrected chi connectivity index (χ1v) is 8.52. The van der Waals surface area contributed by atoms with Crippen molar-refractivity contribution in [2.24, 2.45) is 0 Å². The number of aromatic nitrogens is 1. The molecule has 24 heavy (non-hydrogen) atoms. The number of aryl methyl sites for hydroxylation is 2. The summed E-state index contributed by atoms with van der Waals surface area (Å²) in [7, 11) is 2.14. The first-order valence-electron chi connectivity index (χ1n) is 8.52. The van der Waals surface area contributed by atoms with Gasteiger partial charge in [0.1, 0.15) is 11.3 Å². The molecule has 128 valence electrons. The molecule has 2 aromatic rings. The van der Waals surface area contributed by atoms with E-state index in [-0.39, 0.29) is 5.91 Å². The quantitative estimate of drug-likeness (QED) is 0.866. The summed E-state index contributed by atoms with van der Waals surface area (Å²) in [5.41, 5.74) is 2.60. The van der Waals surface area contributed by atoms with Crippen LogP contribution in [0.1, 0.15) is 40.2 Å². The van der Waals surface area contributed by atoms with Crippen molar-refractivity contribution in [2.75, 3.05) is 20.1 Å². The Morgan fingerprint density at radius 3 is 2.75 bits per heavy atom. The van der Waals surface area contributed by atoms with Crippen LogP contribution >= 0.6 is 0 Å². The number of rotatable bonds is 4. The van der Waals surface area contributed by atoms with Crippen LogP contribution in [0.3, 0.4) is 0 Å². The second kappa shape index (κ2) is 7.18. The van der Waals surface area contributed by atoms with Gasteiger partial charge in [0, 0.05) is 25.7 Å². The minimum absolute atomic E-state index is 0.0454. The second-order valence-corrected chi connectivity index (χ2v) is 6.65. The summed E-state index contributed by atoms with van der Waals surface area (Å²) in [4.78, 5) is 17.1. The summed E-state index contributed by atoms with van der Waals surface area (Å²) >= 11 is 0. The second-order valence-electron chi connectivity index (χ2n) is 6.65. The van der Waals surface area contributed by atoms with Crippen molar-refractivity contribution in [3.8, 4) is 0 Å². The molecule has 5 nitrogen and oxygen atoms in total. The van der Waals surface area contributed by atoms with Gasteiger partial charge in [-0.1, -0.05) is 35.5 Å². The SMILES string of the molecule is Cc1noc(C)c1C(=O)N1CCCC(N(C)Cc2ccccc2)C1. The Bertz CT molecular complexity index is 676. The predicted octanol–water partition coefficient (Wildman–Crippen LogP) is 3.03. The minimum Gasteiger partial charge on any atom is -0.361 e. The fourth-order valence-electron chi connectivity index (χ4n) is 3.45. The van der Waals surface area contributed by atoms with Gasteiger partial charge in [-0.3, -0.25) is 9.69 Å². The van der Waals surface area contributed by atoms with Gasteiger partial charge in [-0.2, -0.15) is 0 Å². The van der Waals surface area contributed by atoms with Crippen LogP contribution in [-0.4, -0.2) is 47.0 Å². The third kappa shape index (κ3) is 3.51. The number of nitrogens with zero attached hydrogens (tertiary/aromatic N) is 3. The predicted molar refractivity (Wildman–Crippen MR) is 92.8 cm³/mol. The van der Waals surface area contributed by atoms with E-state index in [1.54, 1.807) is 6.92 Å². The molecule has 1 aliphatic heterocycles. The van der Waals surface area contributed by atoms with Gasteiger partial charge < -0.3 is 9.42 Å². The first-order chi connectivity index (χ1) is 11.6. The molecule has 1 atom stereocenters. The van der Waals surface area contributed by atoms with E-state index in [1.165, 1.54) is 5.56 Å². The molecule has 1 fully saturated rings. The van der Waals surface area contributed by atoms with E-state index in [0.29, 0.717) is 23.1 Å². The van der Waals surface area contributed by atoms with Crippen molar-refractivity contribution in [1.82, 2.24) is 15.0 Å². The molecule has 1 amide bonds. The monoisotopic (exact) mass is 327 g/mol. The number of amides is 1. The van der Waals surface area contributed by atoms with Crippen molar-refractivity contribution in [2.45, 2.75) is 39.3 Å². The van der Waals surface area contributed by atoms with E-state index in [9.17, 15) is 4.79 Å². The number of likely N-dealkylation sites (N-methyl/N-ethyl adjacent to an activating group) is 1. The molecule has 0 aliphatic carbocycles. The van der Waals surface area contributed by atoms with Crippen LogP contribution in [0.4, 0.5) is 0 Å². The molecule has 2 heterocycles. The molecule has 1 unspecified atom stereocenters. The number of hydrogen-bond acceptors (Lipinski definition) is 4. The molecule has 0 saturated carbocycles. The number of carbonyl (C=O) groups is 1. The molecular weight excluding hydrogens is 302 g/mol. The van der Waals surface area contributed by atoms with Gasteiger partial charge in [0.25, 0.3) is 5.91 Å². The molecule has 1 saturated heterocycles. The summed E-state index contributed by atoms with van der Waals surface area (Å²) in [6, 6.07) is 10.8. The van der Waals surface area contributed by atoms with Crippen LogP contribution in [0, 0.1) is 13.8 Å². The van der Waals surface area contributed by atoms with Crippen molar-refractivity contribution in [3.63, 3.8) is 0 Å². The summed E-state index contributed by atoms with van der Waals surface area (Å²) in [5, 5.41) is 3.91. The molecule has 1 aliphatic rings. The lowest BCUT2D eigenvalue weighted by Gasteiger charge is -2.37. The number of piperidine rings is 1. The third-order valence-corrected chi connectivity index (χ3v) is 4.83. The largest absolute Gasteiger partial charge is 0.361 e. The molecule has 1 aromatic carbocycles. The topological polar surface area (TPSA) is 49.6 Å². The van der Waals surface area contributed by atoms with E-state index in [0.717, 1.165) is 32.5 Å². The Morgan fingerprint density at radius 1 is 1.33 bits per heavy atom. The summed E-state index contributed by atoms with van der Waals surface area (Å²) in [5.74, 6) is 0.654. The first kappa shape index (κ1) is 16.7. The molecule has 0 N–H and O–H groups in total. The number of carbonyl (C=O) groups excluding carboxylic acids is 1. The van der Waals surface area contributed by atoms with Crippen LogP contribution in [0.2, 0.25) is 0 Å². The maximum absolute atomic E-state index is 12.8. The van der Waals surface area contributed by atoms with E-state index in [2.05, 4.69) is 41.4 Å². The number of benzene rings is 1. The summed E-state index contributed by atoms with van der Waals surface area (Å²) in [6.07, 6.45) is 2.15. The third-order valence-electron chi connectivity index (χ3n) is 4.83. The molecule has 0 bridgehead atoms. The summed E-state index contributed by atoms with van der Waals surface area (Å²) < 4.78 is 5.15. The Hall–Kier alpha value is -2.14. The standard InChI is InChI=1S/C19H25N3O2/c1-14-18(15(2)24-20-14)19(23)22-11-7-10-17(13-22)21(3)12-16-8-5-4-6-9-16/h4-6,8-9,17H,7,10-13H2,1-3H3. The normalized spacial score (nSPS) is 18.2. The van der Waals surface area contributed by atoms with E-state index >= 15 is 0 Å². The van der Waals surface area contributed by atoms with Crippen LogP contribution in [0.5, 0.6) is 0 Å². The Balaban J connectivity index is 1.67. The highest BCUT2D eigenvalue weighted by Crippen LogP contribution is 2.21. The average Bonchev–Trinajstić information content (AvgIpc) is 2.94. The lowest BCUT2D eigenvalue weighted by Crippen LogP contribution is -2.48. The van der Waals surface area contributed by atoms with Crippen molar-refractivity contribution < 1.29 is 9.32 Å². The molecule has 0 spiro atoms. The van der Waals surface area contributed by atoms with Crippen molar-refractivity contribution >= 4 is 5.91 Å². The van der Waals surface area contributed by atoms with Gasteiger partial charge in [-0.05, 0) is 39.3 Å². The van der Waals surface area contributed by atoms with Gasteiger partial charge in [-0.25, -0.2) is 0 Å². The van der Waals surface area contributed by atoms with Gasteiger partial charge in [0.2, 0.25) is 0 Å². The molecular formula is C19H25N3O2. The minimum atomic E-state index is 0.0454. The lowest BCUT2D eigenvalue weighted by atomic mass is 10.0. The Kier molecular flexibility index (Phi) is 5.00. The molecule has 3 rings (SSSR count). The highest BCUT2D eigenvalue weighted by atomic mass is 16.5. The lowest BCUT2D eigenvalue weighted by molar-refractivity contribution is 0.0600. The fourth-order valence-corrected chi connectivity index (χ4v) is 3.45. The number of likely N-dealkylation sites (tertiary alicyclic amines) is 1. The molecule has 5 heteroatoms. The number of hydrogen-bond donors (Lipinski definition) is 0. The zero-order valence-electron chi connectivity index (χ0n) is 14.7. The zero-order chi connectivity index (χ0) is 17.1. The maximum atomic E-state index is 12.8. The Morgan fingerprint density at radius 2 is 2.08 bits per heavy atom. The smallest absolute Gasteiger partial charge is 0.259 e. The van der Waals surface area contributed by atoms with Gasteiger partial charge in [0.15, 0.2) is 0 Å². The molecule has 0 radical (unpaired) electrons. The van der Waals surface area contributed by atoms with Gasteiger partial charge >= 0.3 is 0 Å². The van der Waals surface area contributed by atoms with Crippen LogP contribution in [0.15, 0.2) is 34.9 Å². The highest BCUT2D eigenvalue weighted by molar-refractivity contribution is 5.96. The van der Waals surface area contributed by atoms with E-state index in [1.807, 2.05) is 17.9 Å². The van der Waals surface area contributed by atoms with Gasteiger partial charge in [0.05, 0.1) is 5.69 Å². The van der Waals surface area contributed by atoms with Gasteiger partial charge in [-0.15, -0.1) is 0 Å². The fraction of sp³-hybridized carbons (Fsp3) is 0.474. The molecule has 1 aromatic heterocycles. The van der Waals surface area contributed by atoms with Crippen LogP contribution in [0.25, 0.3) is 0 Å². The van der Waals surface area contributed by atoms with E-state index < -0.39 is 0 Å². The van der Waals surface area contributed by atoms with Crippen LogP contribution in [-0.2, 0) is 6.54 Å². The van der Waals surface area contributed by atoms with Crippen LogP contribution < -0.4 is 0 Å². The Labute approximate surface area is 143 Å². The average molecular weight is 327 g/mol.